The standard InChI is InChI=1S/C17H13BrN2O3S/c1-20-11-7-6-10(18)8-15(11)24-17(20)19-16(21)14-9-22-12-4-2-3-5-13(12)23-14/h2-8,14H,9H2,1H3/t14-/m0/s1. The number of aromatic nitrogens is 1. The van der Waals surface area contributed by atoms with Crippen molar-refractivity contribution in [3.8, 4) is 11.5 Å². The number of benzene rings is 2. The first-order chi connectivity index (χ1) is 11.6. The number of carbonyl (C=O) groups is 1. The molecule has 2 aromatic carbocycles. The number of hydrogen-bond donors (Lipinski definition) is 0. The molecular weight excluding hydrogens is 392 g/mol. The molecule has 4 rings (SSSR count). The van der Waals surface area contributed by atoms with Gasteiger partial charge in [-0.2, -0.15) is 4.99 Å². The molecule has 5 nitrogen and oxygen atoms in total. The molecule has 1 aliphatic rings. The number of halogens is 1. The van der Waals surface area contributed by atoms with Crippen molar-refractivity contribution in [3.63, 3.8) is 0 Å². The van der Waals surface area contributed by atoms with Crippen LogP contribution in [0.5, 0.6) is 11.5 Å². The smallest absolute Gasteiger partial charge is 0.292 e. The first-order valence-electron chi connectivity index (χ1n) is 7.34. The molecule has 0 bridgehead atoms. The zero-order valence-corrected chi connectivity index (χ0v) is 15.1. The van der Waals surface area contributed by atoms with E-state index in [-0.39, 0.29) is 12.5 Å². The molecule has 3 aromatic rings. The van der Waals surface area contributed by atoms with E-state index < -0.39 is 6.10 Å². The van der Waals surface area contributed by atoms with Gasteiger partial charge in [0.05, 0.1) is 10.2 Å². The summed E-state index contributed by atoms with van der Waals surface area (Å²) in [5.74, 6) is 0.881. The Hall–Kier alpha value is -2.12. The Balaban J connectivity index is 1.67. The van der Waals surface area contributed by atoms with E-state index in [1.807, 2.05) is 48.0 Å². The van der Waals surface area contributed by atoms with Gasteiger partial charge in [0.1, 0.15) is 6.61 Å². The minimum atomic E-state index is -0.725. The summed E-state index contributed by atoms with van der Waals surface area (Å²) in [6.45, 7) is 0.166. The highest BCUT2D eigenvalue weighted by atomic mass is 79.9. The minimum absolute atomic E-state index is 0.166. The molecule has 0 aliphatic carbocycles. The van der Waals surface area contributed by atoms with Gasteiger partial charge in [0.25, 0.3) is 5.91 Å². The Labute approximate surface area is 150 Å². The van der Waals surface area contributed by atoms with E-state index in [4.69, 9.17) is 9.47 Å². The fourth-order valence-electron chi connectivity index (χ4n) is 2.52. The van der Waals surface area contributed by atoms with Gasteiger partial charge >= 0.3 is 0 Å². The van der Waals surface area contributed by atoms with Crippen LogP contribution >= 0.6 is 27.3 Å². The molecule has 7 heteroatoms. The van der Waals surface area contributed by atoms with Crippen LogP contribution in [0, 0.1) is 0 Å². The molecule has 1 aliphatic heterocycles. The van der Waals surface area contributed by atoms with Gasteiger partial charge < -0.3 is 14.0 Å². The zero-order chi connectivity index (χ0) is 16.7. The van der Waals surface area contributed by atoms with Gasteiger partial charge in [-0.1, -0.05) is 39.4 Å². The van der Waals surface area contributed by atoms with Gasteiger partial charge in [-0.3, -0.25) is 4.79 Å². The fourth-order valence-corrected chi connectivity index (χ4v) is 4.10. The van der Waals surface area contributed by atoms with Crippen LogP contribution in [0.1, 0.15) is 0 Å². The van der Waals surface area contributed by atoms with E-state index in [0.717, 1.165) is 14.7 Å². The van der Waals surface area contributed by atoms with Crippen molar-refractivity contribution >= 4 is 43.4 Å². The van der Waals surface area contributed by atoms with Crippen LogP contribution in [-0.2, 0) is 11.8 Å². The number of para-hydroxylation sites is 2. The number of thiazole rings is 1. The quantitative estimate of drug-likeness (QED) is 0.625. The van der Waals surface area contributed by atoms with Gasteiger partial charge in [0.15, 0.2) is 16.3 Å². The van der Waals surface area contributed by atoms with E-state index in [0.29, 0.717) is 16.3 Å². The second-order valence-corrected chi connectivity index (χ2v) is 7.29. The van der Waals surface area contributed by atoms with Crippen molar-refractivity contribution < 1.29 is 14.3 Å². The number of amides is 1. The Kier molecular flexibility index (Phi) is 3.90. The summed E-state index contributed by atoms with van der Waals surface area (Å²) in [6, 6.07) is 13.3. The maximum atomic E-state index is 12.5. The van der Waals surface area contributed by atoms with Gasteiger partial charge in [0.2, 0.25) is 6.10 Å². The topological polar surface area (TPSA) is 52.8 Å². The second-order valence-electron chi connectivity index (χ2n) is 5.37. The van der Waals surface area contributed by atoms with E-state index >= 15 is 0 Å². The van der Waals surface area contributed by atoms with E-state index in [1.54, 1.807) is 6.07 Å². The van der Waals surface area contributed by atoms with Crippen molar-refractivity contribution in [1.29, 1.82) is 0 Å². The SMILES string of the molecule is Cn1c(=NC(=O)[C@@H]2COc3ccccc3O2)sc2cc(Br)ccc21. The van der Waals surface area contributed by atoms with Crippen LogP contribution in [0.4, 0.5) is 0 Å². The second kappa shape index (κ2) is 6.07. The molecular formula is C17H13BrN2O3S. The lowest BCUT2D eigenvalue weighted by atomic mass is 10.2. The summed E-state index contributed by atoms with van der Waals surface area (Å²) in [4.78, 5) is 17.4. The summed E-state index contributed by atoms with van der Waals surface area (Å²) in [5.41, 5.74) is 1.03. The van der Waals surface area contributed by atoms with Crippen LogP contribution in [0.25, 0.3) is 10.2 Å². The third-order valence-electron chi connectivity index (χ3n) is 3.76. The van der Waals surface area contributed by atoms with Gasteiger partial charge in [0, 0.05) is 11.5 Å². The molecule has 0 unspecified atom stereocenters. The predicted molar refractivity (Wildman–Crippen MR) is 95.4 cm³/mol. The molecule has 0 saturated heterocycles. The average Bonchev–Trinajstić information content (AvgIpc) is 2.89. The van der Waals surface area contributed by atoms with Gasteiger partial charge in [-0.15, -0.1) is 0 Å². The Morgan fingerprint density at radius 1 is 1.29 bits per heavy atom. The summed E-state index contributed by atoms with van der Waals surface area (Å²) in [5, 5.41) is 0. The fraction of sp³-hybridized carbons (Fsp3) is 0.176. The highest BCUT2D eigenvalue weighted by Crippen LogP contribution is 2.31. The van der Waals surface area contributed by atoms with Crippen molar-refractivity contribution in [2.75, 3.05) is 6.61 Å². The number of fused-ring (bicyclic) bond motifs is 2. The normalized spacial score (nSPS) is 17.2. The maximum absolute atomic E-state index is 12.5. The maximum Gasteiger partial charge on any atom is 0.292 e. The van der Waals surface area contributed by atoms with E-state index in [9.17, 15) is 4.79 Å². The van der Waals surface area contributed by atoms with E-state index in [1.165, 1.54) is 11.3 Å². The van der Waals surface area contributed by atoms with Crippen molar-refractivity contribution in [1.82, 2.24) is 4.57 Å². The third-order valence-corrected chi connectivity index (χ3v) is 5.35. The number of nitrogens with zero attached hydrogens (tertiary/aromatic N) is 2. The van der Waals surface area contributed by atoms with E-state index in [2.05, 4.69) is 20.9 Å². The summed E-state index contributed by atoms with van der Waals surface area (Å²) in [6.07, 6.45) is -0.725. The van der Waals surface area contributed by atoms with Gasteiger partial charge in [-0.25, -0.2) is 0 Å². The lowest BCUT2D eigenvalue weighted by Gasteiger charge is -2.23. The van der Waals surface area contributed by atoms with Gasteiger partial charge in [-0.05, 0) is 30.3 Å². The molecule has 122 valence electrons. The van der Waals surface area contributed by atoms with Crippen molar-refractivity contribution in [3.05, 3.63) is 51.7 Å². The molecule has 1 amide bonds. The minimum Gasteiger partial charge on any atom is -0.485 e. The molecule has 0 saturated carbocycles. The van der Waals surface area contributed by atoms with Crippen molar-refractivity contribution in [2.45, 2.75) is 6.10 Å². The summed E-state index contributed by atoms with van der Waals surface area (Å²) < 4.78 is 15.3. The van der Waals surface area contributed by atoms with Crippen LogP contribution in [0.15, 0.2) is 51.9 Å². The highest BCUT2D eigenvalue weighted by molar-refractivity contribution is 9.10. The van der Waals surface area contributed by atoms with Crippen molar-refractivity contribution in [2.24, 2.45) is 12.0 Å². The number of ether oxygens (including phenoxy) is 2. The Morgan fingerprint density at radius 3 is 2.92 bits per heavy atom. The van der Waals surface area contributed by atoms with Crippen LogP contribution < -0.4 is 14.3 Å². The lowest BCUT2D eigenvalue weighted by molar-refractivity contribution is -0.127. The lowest BCUT2D eigenvalue weighted by Crippen LogP contribution is -2.36. The molecule has 2 heterocycles. The molecule has 1 atom stereocenters. The number of carbonyl (C=O) groups excluding carboxylic acids is 1. The molecule has 1 aromatic heterocycles. The number of rotatable bonds is 1. The highest BCUT2D eigenvalue weighted by Gasteiger charge is 2.27. The zero-order valence-electron chi connectivity index (χ0n) is 12.7. The largest absolute Gasteiger partial charge is 0.485 e. The molecule has 0 fully saturated rings. The van der Waals surface area contributed by atoms with Crippen LogP contribution in [0.2, 0.25) is 0 Å². The van der Waals surface area contributed by atoms with Crippen LogP contribution in [0.3, 0.4) is 0 Å². The molecule has 24 heavy (non-hydrogen) atoms. The number of hydrogen-bond acceptors (Lipinski definition) is 4. The third kappa shape index (κ3) is 2.74. The molecule has 0 spiro atoms. The molecule has 0 N–H and O–H groups in total. The first kappa shape index (κ1) is 15.4. The Morgan fingerprint density at radius 2 is 2.08 bits per heavy atom. The number of aryl methyl sites for hydroxylation is 1. The van der Waals surface area contributed by atoms with Crippen LogP contribution in [-0.4, -0.2) is 23.2 Å². The Bertz CT molecular complexity index is 1010. The average molecular weight is 405 g/mol. The monoisotopic (exact) mass is 404 g/mol. The summed E-state index contributed by atoms with van der Waals surface area (Å²) in [7, 11) is 1.90. The first-order valence-corrected chi connectivity index (χ1v) is 8.95. The molecule has 0 radical (unpaired) electrons. The summed E-state index contributed by atoms with van der Waals surface area (Å²) >= 11 is 4.92. The predicted octanol–water partition coefficient (Wildman–Crippen LogP) is 3.27.